The van der Waals surface area contributed by atoms with Crippen molar-refractivity contribution in [3.63, 3.8) is 0 Å². The van der Waals surface area contributed by atoms with Crippen molar-refractivity contribution in [3.05, 3.63) is 15.8 Å². The number of sulfonamides is 1. The molecule has 0 saturated heterocycles. The molecule has 0 atom stereocenters. The number of carboxylic acids is 1. The molecule has 0 unspecified atom stereocenters. The van der Waals surface area contributed by atoms with E-state index >= 15 is 0 Å². The van der Waals surface area contributed by atoms with Gasteiger partial charge in [0.1, 0.15) is 4.88 Å². The molecule has 1 aromatic heterocycles. The maximum atomic E-state index is 11.8. The van der Waals surface area contributed by atoms with Crippen LogP contribution in [0, 0.1) is 6.92 Å². The zero-order chi connectivity index (χ0) is 14.8. The normalized spacial score (nSPS) is 12.6. The third kappa shape index (κ3) is 4.45. The first-order valence-corrected chi connectivity index (χ1v) is 6.87. The van der Waals surface area contributed by atoms with Gasteiger partial charge >= 0.3 is 12.1 Å². The molecule has 6 nitrogen and oxygen atoms in total. The number of halogens is 3. The van der Waals surface area contributed by atoms with Crippen molar-refractivity contribution in [2.75, 3.05) is 6.61 Å². The van der Waals surface area contributed by atoms with Crippen LogP contribution >= 0.6 is 11.3 Å². The average Bonchev–Trinajstić information content (AvgIpc) is 2.58. The zero-order valence-corrected chi connectivity index (χ0v) is 10.9. The second-order valence-corrected chi connectivity index (χ2v) is 6.20. The number of hydrogen-bond donors (Lipinski definition) is 2. The summed E-state index contributed by atoms with van der Waals surface area (Å²) in [5.74, 6) is -1.33. The molecular weight excluding hydrogens is 311 g/mol. The molecule has 108 valence electrons. The van der Waals surface area contributed by atoms with Gasteiger partial charge in [0.2, 0.25) is 0 Å². The second kappa shape index (κ2) is 5.45. The zero-order valence-electron chi connectivity index (χ0n) is 9.32. The minimum absolute atomic E-state index is 0.125. The molecule has 0 aromatic carbocycles. The van der Waals surface area contributed by atoms with Crippen LogP contribution in [0.4, 0.5) is 13.2 Å². The van der Waals surface area contributed by atoms with Crippen molar-refractivity contribution in [1.82, 2.24) is 4.89 Å². The highest BCUT2D eigenvalue weighted by atomic mass is 32.2. The van der Waals surface area contributed by atoms with Crippen molar-refractivity contribution in [2.45, 2.75) is 18.0 Å². The number of nitrogens with one attached hydrogen (secondary N) is 1. The molecule has 19 heavy (non-hydrogen) atoms. The molecule has 0 aliphatic heterocycles. The number of alkyl halides is 3. The lowest BCUT2D eigenvalue weighted by atomic mass is 10.4. The summed E-state index contributed by atoms with van der Waals surface area (Å²) in [5.41, 5.74) is 0. The third-order valence-electron chi connectivity index (χ3n) is 1.78. The molecule has 11 heteroatoms. The Morgan fingerprint density at radius 3 is 2.53 bits per heavy atom. The van der Waals surface area contributed by atoms with Gasteiger partial charge in [-0.3, -0.25) is 4.84 Å². The van der Waals surface area contributed by atoms with Gasteiger partial charge < -0.3 is 5.11 Å². The number of hydrogen-bond acceptors (Lipinski definition) is 5. The van der Waals surface area contributed by atoms with E-state index in [2.05, 4.69) is 4.84 Å². The topological polar surface area (TPSA) is 92.7 Å². The van der Waals surface area contributed by atoms with Crippen LogP contribution in [0.15, 0.2) is 11.0 Å². The van der Waals surface area contributed by atoms with E-state index < -0.39 is 33.7 Å². The van der Waals surface area contributed by atoms with E-state index in [1.807, 2.05) is 0 Å². The Morgan fingerprint density at radius 2 is 2.11 bits per heavy atom. The molecule has 1 aromatic rings. The van der Waals surface area contributed by atoms with Crippen LogP contribution < -0.4 is 4.89 Å². The minimum Gasteiger partial charge on any atom is -0.477 e. The van der Waals surface area contributed by atoms with Crippen molar-refractivity contribution >= 4 is 27.3 Å². The summed E-state index contributed by atoms with van der Waals surface area (Å²) in [6, 6.07) is 0.849. The van der Waals surface area contributed by atoms with E-state index in [0.29, 0.717) is 11.3 Å². The highest BCUT2D eigenvalue weighted by molar-refractivity contribution is 7.89. The summed E-state index contributed by atoms with van der Waals surface area (Å²) in [5, 5.41) is 8.69. The predicted octanol–water partition coefficient (Wildman–Crippen LogP) is 1.53. The van der Waals surface area contributed by atoms with Gasteiger partial charge in [0.05, 0.1) is 4.90 Å². The fourth-order valence-electron chi connectivity index (χ4n) is 1.07. The molecule has 0 spiro atoms. The van der Waals surface area contributed by atoms with Crippen molar-refractivity contribution in [3.8, 4) is 0 Å². The Hall–Kier alpha value is -1.17. The van der Waals surface area contributed by atoms with Crippen LogP contribution in [-0.4, -0.2) is 32.3 Å². The first kappa shape index (κ1) is 15.9. The van der Waals surface area contributed by atoms with Crippen LogP contribution in [0.25, 0.3) is 0 Å². The fraction of sp³-hybridized carbons (Fsp3) is 0.375. The van der Waals surface area contributed by atoms with E-state index in [9.17, 15) is 26.4 Å². The molecular formula is C8H8F3NO5S2. The Bertz CT molecular complexity index is 578. The largest absolute Gasteiger partial charge is 0.477 e. The average molecular weight is 319 g/mol. The summed E-state index contributed by atoms with van der Waals surface area (Å²) in [6.45, 7) is -0.462. The highest BCUT2D eigenvalue weighted by Gasteiger charge is 2.30. The van der Waals surface area contributed by atoms with Gasteiger partial charge in [-0.2, -0.15) is 13.2 Å². The molecule has 2 N–H and O–H groups in total. The number of rotatable bonds is 5. The van der Waals surface area contributed by atoms with Crippen LogP contribution in [0.2, 0.25) is 0 Å². The van der Waals surface area contributed by atoms with E-state index in [1.165, 1.54) is 11.8 Å². The lowest BCUT2D eigenvalue weighted by Crippen LogP contribution is -2.29. The highest BCUT2D eigenvalue weighted by Crippen LogP contribution is 2.25. The van der Waals surface area contributed by atoms with Gasteiger partial charge in [-0.1, -0.05) is 4.89 Å². The van der Waals surface area contributed by atoms with Crippen LogP contribution in [0.3, 0.4) is 0 Å². The van der Waals surface area contributed by atoms with Gasteiger partial charge in [-0.05, 0) is 13.0 Å². The second-order valence-electron chi connectivity index (χ2n) is 3.33. The van der Waals surface area contributed by atoms with Gasteiger partial charge in [0.15, 0.2) is 6.61 Å². The van der Waals surface area contributed by atoms with Gasteiger partial charge in [-0.15, -0.1) is 11.3 Å². The maximum absolute atomic E-state index is 11.8. The third-order valence-corrected chi connectivity index (χ3v) is 4.29. The number of aromatic carboxylic acids is 1. The van der Waals surface area contributed by atoms with Gasteiger partial charge in [-0.25, -0.2) is 13.2 Å². The number of carboxylic acid groups (broad SMARTS) is 1. The minimum atomic E-state index is -4.68. The molecule has 0 aliphatic carbocycles. The summed E-state index contributed by atoms with van der Waals surface area (Å²) >= 11 is 0.692. The molecule has 0 aliphatic rings. The van der Waals surface area contributed by atoms with Gasteiger partial charge in [0, 0.05) is 4.88 Å². The van der Waals surface area contributed by atoms with Crippen molar-refractivity contribution in [1.29, 1.82) is 0 Å². The van der Waals surface area contributed by atoms with Crippen LogP contribution in [-0.2, 0) is 14.9 Å². The molecule has 1 rings (SSSR count). The lowest BCUT2D eigenvalue weighted by molar-refractivity contribution is -0.181. The number of aryl methyl sites for hydroxylation is 1. The Kier molecular flexibility index (Phi) is 4.55. The molecule has 0 fully saturated rings. The maximum Gasteiger partial charge on any atom is 0.413 e. The Morgan fingerprint density at radius 1 is 1.53 bits per heavy atom. The number of thiophene rings is 1. The van der Waals surface area contributed by atoms with Gasteiger partial charge in [0.25, 0.3) is 10.0 Å². The summed E-state index contributed by atoms with van der Waals surface area (Å²) in [4.78, 5) is 15.2. The van der Waals surface area contributed by atoms with E-state index in [0.717, 1.165) is 6.07 Å². The Labute approximate surface area is 109 Å². The standard InChI is InChI=1S/C8H8F3NO5S2/c1-4-6(2-5(18-4)7(13)14)19(15,16)12-17-3-8(9,10)11/h2,12H,3H2,1H3,(H,13,14). The molecule has 0 radical (unpaired) electrons. The summed E-state index contributed by atoms with van der Waals surface area (Å²) in [6.07, 6.45) is -4.68. The summed E-state index contributed by atoms with van der Waals surface area (Å²) < 4.78 is 58.5. The summed E-state index contributed by atoms with van der Waals surface area (Å²) in [7, 11) is -4.35. The predicted molar refractivity (Wildman–Crippen MR) is 58.3 cm³/mol. The monoisotopic (exact) mass is 319 g/mol. The molecule has 0 bridgehead atoms. The van der Waals surface area contributed by atoms with Crippen molar-refractivity contribution < 1.29 is 36.3 Å². The van der Waals surface area contributed by atoms with Crippen LogP contribution in [0.5, 0.6) is 0 Å². The van der Waals surface area contributed by atoms with E-state index in [-0.39, 0.29) is 9.75 Å². The van der Waals surface area contributed by atoms with Crippen LogP contribution in [0.1, 0.15) is 14.5 Å². The smallest absolute Gasteiger partial charge is 0.413 e. The SMILES string of the molecule is Cc1sc(C(=O)O)cc1S(=O)(=O)NOCC(F)(F)F. The molecule has 0 saturated carbocycles. The fourth-order valence-corrected chi connectivity index (χ4v) is 3.31. The molecule has 0 amide bonds. The van der Waals surface area contributed by atoms with E-state index in [1.54, 1.807) is 0 Å². The Balaban J connectivity index is 2.86. The quantitative estimate of drug-likeness (QED) is 0.803. The molecule has 1 heterocycles. The first-order chi connectivity index (χ1) is 8.53. The number of carbonyl (C=O) groups is 1. The lowest BCUT2D eigenvalue weighted by Gasteiger charge is -2.08. The van der Waals surface area contributed by atoms with Crippen molar-refractivity contribution in [2.24, 2.45) is 0 Å². The first-order valence-electron chi connectivity index (χ1n) is 4.57. The van der Waals surface area contributed by atoms with E-state index in [4.69, 9.17) is 5.11 Å².